The first kappa shape index (κ1) is 16.3. The molecule has 24 heavy (non-hydrogen) atoms. The predicted molar refractivity (Wildman–Crippen MR) is 101 cm³/mol. The molecule has 3 aromatic carbocycles. The summed E-state index contributed by atoms with van der Waals surface area (Å²) in [6.07, 6.45) is 2.00. The summed E-state index contributed by atoms with van der Waals surface area (Å²) >= 11 is 0. The van der Waals surface area contributed by atoms with Gasteiger partial charge in [0.25, 0.3) is 0 Å². The van der Waals surface area contributed by atoms with Crippen LogP contribution in [-0.2, 0) is 13.0 Å². The highest BCUT2D eigenvalue weighted by molar-refractivity contribution is 5.82. The molecule has 0 saturated carbocycles. The summed E-state index contributed by atoms with van der Waals surface area (Å²) in [6, 6.07) is 22.3. The van der Waals surface area contributed by atoms with E-state index >= 15 is 0 Å². The Hall–Kier alpha value is -2.58. The lowest BCUT2D eigenvalue weighted by Gasteiger charge is -2.19. The lowest BCUT2D eigenvalue weighted by molar-refractivity contribution is 0.470. The Morgan fingerprint density at radius 3 is 2.00 bits per heavy atom. The highest BCUT2D eigenvalue weighted by Gasteiger charge is 2.18. The molecule has 0 aliphatic rings. The van der Waals surface area contributed by atoms with Crippen LogP contribution in [0.4, 0.5) is 0 Å². The van der Waals surface area contributed by atoms with E-state index in [1.807, 2.05) is 48.5 Å². The number of hydrogen-bond acceptors (Lipinski definition) is 2. The number of benzene rings is 3. The summed E-state index contributed by atoms with van der Waals surface area (Å²) in [7, 11) is 0. The van der Waals surface area contributed by atoms with E-state index in [2.05, 4.69) is 25.1 Å². The van der Waals surface area contributed by atoms with Crippen LogP contribution in [-0.4, -0.2) is 5.11 Å². The van der Waals surface area contributed by atoms with E-state index < -0.39 is 0 Å². The summed E-state index contributed by atoms with van der Waals surface area (Å²) in [5.41, 5.74) is 12.2. The molecule has 2 heteroatoms. The minimum atomic E-state index is 0.294. The molecule has 0 heterocycles. The Kier molecular flexibility index (Phi) is 4.97. The normalized spacial score (nSPS) is 10.8. The van der Waals surface area contributed by atoms with Crippen molar-refractivity contribution in [1.82, 2.24) is 0 Å². The molecule has 0 aliphatic carbocycles. The van der Waals surface area contributed by atoms with Crippen LogP contribution in [0.15, 0.2) is 66.7 Å². The average molecular weight is 317 g/mol. The van der Waals surface area contributed by atoms with E-state index in [0.29, 0.717) is 12.3 Å². The molecule has 3 aromatic rings. The van der Waals surface area contributed by atoms with Crippen molar-refractivity contribution in [3.8, 4) is 28.0 Å². The first-order chi connectivity index (χ1) is 11.8. The van der Waals surface area contributed by atoms with Gasteiger partial charge < -0.3 is 10.8 Å². The largest absolute Gasteiger partial charge is 0.507 e. The Bertz CT molecular complexity index is 810. The van der Waals surface area contributed by atoms with Crippen LogP contribution in [0.2, 0.25) is 0 Å². The van der Waals surface area contributed by atoms with Crippen molar-refractivity contribution >= 4 is 0 Å². The number of rotatable bonds is 5. The minimum Gasteiger partial charge on any atom is -0.507 e. The molecule has 0 unspecified atom stereocenters. The molecule has 0 fully saturated rings. The van der Waals surface area contributed by atoms with Gasteiger partial charge in [0.2, 0.25) is 0 Å². The fourth-order valence-corrected chi connectivity index (χ4v) is 3.26. The number of phenols is 1. The summed E-state index contributed by atoms with van der Waals surface area (Å²) in [4.78, 5) is 0. The lowest BCUT2D eigenvalue weighted by Crippen LogP contribution is -2.04. The van der Waals surface area contributed by atoms with Crippen LogP contribution in [0.5, 0.6) is 5.75 Å². The van der Waals surface area contributed by atoms with E-state index in [4.69, 9.17) is 5.73 Å². The van der Waals surface area contributed by atoms with Gasteiger partial charge in [0, 0.05) is 17.7 Å². The van der Waals surface area contributed by atoms with Gasteiger partial charge in [-0.15, -0.1) is 0 Å². The van der Waals surface area contributed by atoms with E-state index in [1.165, 1.54) is 5.56 Å². The maximum atomic E-state index is 10.9. The van der Waals surface area contributed by atoms with Crippen molar-refractivity contribution in [2.24, 2.45) is 5.73 Å². The Balaban J connectivity index is 2.28. The molecule has 0 aromatic heterocycles. The molecule has 3 N–H and O–H groups in total. The summed E-state index contributed by atoms with van der Waals surface area (Å²) in [5.74, 6) is 0.294. The van der Waals surface area contributed by atoms with Crippen molar-refractivity contribution in [2.75, 3.05) is 0 Å². The molecular formula is C22H23NO. The third kappa shape index (κ3) is 3.06. The quantitative estimate of drug-likeness (QED) is 0.684. The second kappa shape index (κ2) is 7.33. The minimum absolute atomic E-state index is 0.294. The predicted octanol–water partition coefficient (Wildman–Crippen LogP) is 5.14. The van der Waals surface area contributed by atoms with Crippen LogP contribution in [0.3, 0.4) is 0 Å². The van der Waals surface area contributed by atoms with Gasteiger partial charge in [0.1, 0.15) is 5.75 Å². The molecule has 122 valence electrons. The van der Waals surface area contributed by atoms with Crippen molar-refractivity contribution < 1.29 is 5.11 Å². The monoisotopic (exact) mass is 317 g/mol. The smallest absolute Gasteiger partial charge is 0.128 e. The standard InChI is InChI=1S/C22H23NO/c1-2-9-18-14-19(16-10-5-3-6-11-16)22(24)20(15-23)21(18)17-12-7-4-8-13-17/h3-8,10-14,24H,2,9,15,23H2,1H3. The van der Waals surface area contributed by atoms with Gasteiger partial charge in [-0.3, -0.25) is 0 Å². The Labute approximate surface area is 143 Å². The molecule has 0 atom stereocenters. The first-order valence-electron chi connectivity index (χ1n) is 8.44. The van der Waals surface area contributed by atoms with Crippen LogP contribution in [0.1, 0.15) is 24.5 Å². The van der Waals surface area contributed by atoms with Crippen LogP contribution < -0.4 is 5.73 Å². The molecule has 0 bridgehead atoms. The SMILES string of the molecule is CCCc1cc(-c2ccccc2)c(O)c(CN)c1-c1ccccc1. The highest BCUT2D eigenvalue weighted by atomic mass is 16.3. The number of hydrogen-bond donors (Lipinski definition) is 2. The zero-order valence-corrected chi connectivity index (χ0v) is 14.0. The van der Waals surface area contributed by atoms with Crippen LogP contribution in [0, 0.1) is 0 Å². The summed E-state index contributed by atoms with van der Waals surface area (Å²) in [6.45, 7) is 2.49. The van der Waals surface area contributed by atoms with E-state index in [1.54, 1.807) is 0 Å². The molecular weight excluding hydrogens is 294 g/mol. The van der Waals surface area contributed by atoms with Gasteiger partial charge in [0.15, 0.2) is 0 Å². The van der Waals surface area contributed by atoms with Gasteiger partial charge in [0.05, 0.1) is 0 Å². The maximum absolute atomic E-state index is 10.9. The molecule has 3 rings (SSSR count). The van der Waals surface area contributed by atoms with Gasteiger partial charge in [-0.2, -0.15) is 0 Å². The van der Waals surface area contributed by atoms with E-state index in [-0.39, 0.29) is 0 Å². The number of aromatic hydroxyl groups is 1. The molecule has 0 saturated heterocycles. The molecule has 0 aliphatic heterocycles. The maximum Gasteiger partial charge on any atom is 0.128 e. The van der Waals surface area contributed by atoms with Crippen molar-refractivity contribution in [2.45, 2.75) is 26.3 Å². The van der Waals surface area contributed by atoms with Gasteiger partial charge in [-0.1, -0.05) is 74.0 Å². The van der Waals surface area contributed by atoms with Gasteiger partial charge in [-0.25, -0.2) is 0 Å². The third-order valence-corrected chi connectivity index (χ3v) is 4.35. The van der Waals surface area contributed by atoms with Gasteiger partial charge in [-0.05, 0) is 34.7 Å². The topological polar surface area (TPSA) is 46.2 Å². The third-order valence-electron chi connectivity index (χ3n) is 4.35. The zero-order valence-electron chi connectivity index (χ0n) is 14.0. The fraction of sp³-hybridized carbons (Fsp3) is 0.182. The Morgan fingerprint density at radius 1 is 0.875 bits per heavy atom. The molecule has 0 spiro atoms. The average Bonchev–Trinajstić information content (AvgIpc) is 2.64. The molecule has 2 nitrogen and oxygen atoms in total. The van der Waals surface area contributed by atoms with E-state index in [9.17, 15) is 5.11 Å². The number of nitrogens with two attached hydrogens (primary N) is 1. The number of aryl methyl sites for hydroxylation is 1. The van der Waals surface area contributed by atoms with Crippen molar-refractivity contribution in [3.05, 3.63) is 77.9 Å². The second-order valence-electron chi connectivity index (χ2n) is 5.97. The Morgan fingerprint density at radius 2 is 1.46 bits per heavy atom. The van der Waals surface area contributed by atoms with Gasteiger partial charge >= 0.3 is 0 Å². The highest BCUT2D eigenvalue weighted by Crippen LogP contribution is 2.41. The van der Waals surface area contributed by atoms with Crippen LogP contribution >= 0.6 is 0 Å². The van der Waals surface area contributed by atoms with Crippen molar-refractivity contribution in [1.29, 1.82) is 0 Å². The fourth-order valence-electron chi connectivity index (χ4n) is 3.26. The number of phenolic OH excluding ortho intramolecular Hbond substituents is 1. The van der Waals surface area contributed by atoms with Crippen molar-refractivity contribution in [3.63, 3.8) is 0 Å². The first-order valence-corrected chi connectivity index (χ1v) is 8.44. The van der Waals surface area contributed by atoms with E-state index in [0.717, 1.165) is 40.7 Å². The summed E-state index contributed by atoms with van der Waals surface area (Å²) < 4.78 is 0. The molecule has 0 amide bonds. The lowest BCUT2D eigenvalue weighted by atomic mass is 9.87. The zero-order chi connectivity index (χ0) is 16.9. The molecule has 0 radical (unpaired) electrons. The summed E-state index contributed by atoms with van der Waals surface area (Å²) in [5, 5.41) is 10.9. The van der Waals surface area contributed by atoms with Crippen LogP contribution in [0.25, 0.3) is 22.3 Å². The second-order valence-corrected chi connectivity index (χ2v) is 5.97.